The third-order valence-electron chi connectivity index (χ3n) is 2.35. The van der Waals surface area contributed by atoms with Gasteiger partial charge in [0.25, 0.3) is 0 Å². The number of hydrogen-bond acceptors (Lipinski definition) is 1. The Morgan fingerprint density at radius 2 is 1.73 bits per heavy atom. The molecule has 0 saturated heterocycles. The van der Waals surface area contributed by atoms with Crippen LogP contribution < -0.4 is 0 Å². The molecule has 1 aromatic rings. The highest BCUT2D eigenvalue weighted by molar-refractivity contribution is 6.18. The molecular weight excluding hydrogens is 231 g/mol. The van der Waals surface area contributed by atoms with Gasteiger partial charge in [-0.25, -0.2) is 0 Å². The van der Waals surface area contributed by atoms with Crippen LogP contribution in [0.4, 0.5) is 0 Å². The van der Waals surface area contributed by atoms with Crippen molar-refractivity contribution in [2.75, 3.05) is 11.8 Å². The quantitative estimate of drug-likeness (QED) is 0.762. The van der Waals surface area contributed by atoms with Crippen LogP contribution in [0.1, 0.15) is 30.1 Å². The summed E-state index contributed by atoms with van der Waals surface area (Å²) in [5, 5.41) is 9.68. The largest absolute Gasteiger partial charge is 0.388 e. The van der Waals surface area contributed by atoms with Crippen LogP contribution in [0.15, 0.2) is 24.3 Å². The molecular formula is C12H16Cl2O. The van der Waals surface area contributed by atoms with Crippen LogP contribution in [0.3, 0.4) is 0 Å². The van der Waals surface area contributed by atoms with Gasteiger partial charge in [0.15, 0.2) is 0 Å². The summed E-state index contributed by atoms with van der Waals surface area (Å²) >= 11 is 11.2. The molecule has 0 amide bonds. The summed E-state index contributed by atoms with van der Waals surface area (Å²) in [6.45, 7) is 0. The van der Waals surface area contributed by atoms with Crippen molar-refractivity contribution in [3.63, 3.8) is 0 Å². The Balaban J connectivity index is 2.55. The first-order chi connectivity index (χ1) is 7.27. The van der Waals surface area contributed by atoms with Gasteiger partial charge in [0.1, 0.15) is 0 Å². The molecule has 1 nitrogen and oxygen atoms in total. The van der Waals surface area contributed by atoms with E-state index in [1.165, 1.54) is 5.56 Å². The summed E-state index contributed by atoms with van der Waals surface area (Å²) in [5.74, 6) is 1.17. The van der Waals surface area contributed by atoms with E-state index in [2.05, 4.69) is 0 Å². The molecule has 1 aromatic carbocycles. The Morgan fingerprint density at radius 3 is 2.27 bits per heavy atom. The van der Waals surface area contributed by atoms with Crippen LogP contribution in [0.25, 0.3) is 0 Å². The molecule has 0 aliphatic carbocycles. The van der Waals surface area contributed by atoms with Crippen molar-refractivity contribution in [1.82, 2.24) is 0 Å². The van der Waals surface area contributed by atoms with Crippen LogP contribution in [0.2, 0.25) is 0 Å². The predicted molar refractivity (Wildman–Crippen MR) is 65.8 cm³/mol. The molecule has 0 spiro atoms. The lowest BCUT2D eigenvalue weighted by atomic mass is 10.0. The highest BCUT2D eigenvalue weighted by Crippen LogP contribution is 2.18. The number of halogens is 2. The van der Waals surface area contributed by atoms with Gasteiger partial charge in [-0.15, -0.1) is 23.2 Å². The van der Waals surface area contributed by atoms with Crippen molar-refractivity contribution in [1.29, 1.82) is 0 Å². The van der Waals surface area contributed by atoms with Crippen molar-refractivity contribution < 1.29 is 5.11 Å². The summed E-state index contributed by atoms with van der Waals surface area (Å²) in [6.07, 6.45) is 2.15. The molecule has 0 fully saturated rings. The molecule has 0 aliphatic heterocycles. The fraction of sp³-hybridized carbons (Fsp3) is 0.500. The minimum atomic E-state index is -0.440. The summed E-state index contributed by atoms with van der Waals surface area (Å²) < 4.78 is 0. The topological polar surface area (TPSA) is 20.2 Å². The lowest BCUT2D eigenvalue weighted by molar-refractivity contribution is 0.174. The normalized spacial score (nSPS) is 12.7. The van der Waals surface area contributed by atoms with Crippen LogP contribution in [-0.2, 0) is 6.42 Å². The highest BCUT2D eigenvalue weighted by atomic mass is 35.5. The molecule has 0 aliphatic rings. The van der Waals surface area contributed by atoms with Crippen molar-refractivity contribution in [3.05, 3.63) is 35.4 Å². The molecule has 0 bridgehead atoms. The van der Waals surface area contributed by atoms with Gasteiger partial charge in [-0.2, -0.15) is 0 Å². The Labute approximate surface area is 101 Å². The van der Waals surface area contributed by atoms with E-state index in [9.17, 15) is 5.11 Å². The molecule has 3 heteroatoms. The lowest BCUT2D eigenvalue weighted by Crippen LogP contribution is -1.98. The first-order valence-electron chi connectivity index (χ1n) is 5.16. The number of hydrogen-bond donors (Lipinski definition) is 1. The summed E-state index contributed by atoms with van der Waals surface area (Å²) in [7, 11) is 0. The van der Waals surface area contributed by atoms with Gasteiger partial charge in [0.05, 0.1) is 6.10 Å². The minimum absolute atomic E-state index is 0.440. The van der Waals surface area contributed by atoms with E-state index in [4.69, 9.17) is 23.2 Å². The highest BCUT2D eigenvalue weighted by Gasteiger charge is 2.05. The number of aliphatic hydroxyl groups is 1. The summed E-state index contributed by atoms with van der Waals surface area (Å²) in [4.78, 5) is 0. The van der Waals surface area contributed by atoms with Crippen LogP contribution in [0.5, 0.6) is 0 Å². The Kier molecular flexibility index (Phi) is 6.07. The maximum atomic E-state index is 9.68. The molecule has 1 atom stereocenters. The third kappa shape index (κ3) is 4.42. The van der Waals surface area contributed by atoms with Crippen molar-refractivity contribution >= 4 is 23.2 Å². The summed E-state index contributed by atoms with van der Waals surface area (Å²) in [5.41, 5.74) is 2.20. The van der Waals surface area contributed by atoms with Crippen molar-refractivity contribution in [2.45, 2.75) is 25.4 Å². The standard InChI is InChI=1S/C12H16Cl2O/c13-8-1-2-10-3-5-11(6-4-10)12(15)7-9-14/h3-6,12,15H,1-2,7-9H2. The molecule has 0 saturated carbocycles. The molecule has 0 aromatic heterocycles. The van der Waals surface area contributed by atoms with E-state index in [0.717, 1.165) is 18.4 Å². The second-order valence-corrected chi connectivity index (χ2v) is 4.28. The van der Waals surface area contributed by atoms with E-state index in [-0.39, 0.29) is 0 Å². The zero-order valence-corrected chi connectivity index (χ0v) is 10.1. The first kappa shape index (κ1) is 12.8. The Bertz CT molecular complexity index is 271. The second-order valence-electron chi connectivity index (χ2n) is 3.53. The van der Waals surface area contributed by atoms with Gasteiger partial charge in [0, 0.05) is 11.8 Å². The number of aliphatic hydroxyl groups excluding tert-OH is 1. The number of rotatable bonds is 6. The van der Waals surface area contributed by atoms with Gasteiger partial charge >= 0.3 is 0 Å². The fourth-order valence-corrected chi connectivity index (χ4v) is 1.79. The average molecular weight is 247 g/mol. The van der Waals surface area contributed by atoms with Gasteiger partial charge in [0.2, 0.25) is 0 Å². The molecule has 0 heterocycles. The van der Waals surface area contributed by atoms with E-state index >= 15 is 0 Å². The fourth-order valence-electron chi connectivity index (χ4n) is 1.45. The van der Waals surface area contributed by atoms with Crippen LogP contribution >= 0.6 is 23.2 Å². The zero-order valence-electron chi connectivity index (χ0n) is 8.63. The average Bonchev–Trinajstić information content (AvgIpc) is 2.27. The van der Waals surface area contributed by atoms with Gasteiger partial charge in [-0.3, -0.25) is 0 Å². The van der Waals surface area contributed by atoms with Crippen LogP contribution in [-0.4, -0.2) is 16.9 Å². The zero-order chi connectivity index (χ0) is 11.1. The molecule has 1 rings (SSSR count). The maximum absolute atomic E-state index is 9.68. The monoisotopic (exact) mass is 246 g/mol. The van der Waals surface area contributed by atoms with E-state index in [0.29, 0.717) is 18.2 Å². The van der Waals surface area contributed by atoms with Crippen molar-refractivity contribution in [3.8, 4) is 0 Å². The van der Waals surface area contributed by atoms with Gasteiger partial charge < -0.3 is 5.11 Å². The SMILES string of the molecule is OC(CCCl)c1ccc(CCCCl)cc1. The van der Waals surface area contributed by atoms with Crippen molar-refractivity contribution in [2.24, 2.45) is 0 Å². The second kappa shape index (κ2) is 7.10. The molecule has 1 N–H and O–H groups in total. The van der Waals surface area contributed by atoms with Gasteiger partial charge in [-0.1, -0.05) is 24.3 Å². The molecule has 1 unspecified atom stereocenters. The summed E-state index contributed by atoms with van der Waals surface area (Å²) in [6, 6.07) is 8.00. The predicted octanol–water partition coefficient (Wildman–Crippen LogP) is 3.52. The van der Waals surface area contributed by atoms with Gasteiger partial charge in [-0.05, 0) is 30.4 Å². The number of alkyl halides is 2. The smallest absolute Gasteiger partial charge is 0.0801 e. The van der Waals surface area contributed by atoms with E-state index in [1.54, 1.807) is 0 Å². The van der Waals surface area contributed by atoms with E-state index in [1.807, 2.05) is 24.3 Å². The molecule has 15 heavy (non-hydrogen) atoms. The molecule has 84 valence electrons. The van der Waals surface area contributed by atoms with E-state index < -0.39 is 6.10 Å². The Morgan fingerprint density at radius 1 is 1.07 bits per heavy atom. The Hall–Kier alpha value is -0.240. The lowest BCUT2D eigenvalue weighted by Gasteiger charge is -2.09. The third-order valence-corrected chi connectivity index (χ3v) is 2.83. The maximum Gasteiger partial charge on any atom is 0.0801 e. The first-order valence-corrected chi connectivity index (χ1v) is 6.23. The minimum Gasteiger partial charge on any atom is -0.388 e. The molecule has 0 radical (unpaired) electrons. The number of aryl methyl sites for hydroxylation is 1. The number of benzene rings is 1. The van der Waals surface area contributed by atoms with Crippen LogP contribution in [0, 0.1) is 0 Å².